The highest BCUT2D eigenvalue weighted by Crippen LogP contribution is 2.22. The summed E-state index contributed by atoms with van der Waals surface area (Å²) in [6, 6.07) is 12.6. The summed E-state index contributed by atoms with van der Waals surface area (Å²) in [5, 5.41) is 9.15. The van der Waals surface area contributed by atoms with Gasteiger partial charge in [-0.15, -0.1) is 24.0 Å². The lowest BCUT2D eigenvalue weighted by Gasteiger charge is -2.15. The first-order valence-electron chi connectivity index (χ1n) is 9.79. The summed E-state index contributed by atoms with van der Waals surface area (Å²) in [5.74, 6) is 0.633. The number of aryl methyl sites for hydroxylation is 1. The molecule has 0 saturated heterocycles. The number of alkyl halides is 2. The SMILES string of the molecule is CCCC(=O)Nc1cccc(CNC(=NC)NCc2cc(C)ccc2OC(F)F)c1.I. The first-order chi connectivity index (χ1) is 14.4. The number of aliphatic imine (C=N–C) groups is 1. The molecule has 0 aromatic heterocycles. The van der Waals surface area contributed by atoms with E-state index in [4.69, 9.17) is 0 Å². The van der Waals surface area contributed by atoms with Crippen LogP contribution in [0, 0.1) is 6.92 Å². The number of carbonyl (C=O) groups is 1. The molecule has 0 aliphatic rings. The van der Waals surface area contributed by atoms with E-state index in [-0.39, 0.29) is 42.2 Å². The normalized spacial score (nSPS) is 11.0. The minimum absolute atomic E-state index is 0. The first kappa shape index (κ1) is 26.6. The highest BCUT2D eigenvalue weighted by Gasteiger charge is 2.10. The summed E-state index contributed by atoms with van der Waals surface area (Å²) < 4.78 is 29.8. The van der Waals surface area contributed by atoms with E-state index in [9.17, 15) is 13.6 Å². The number of ether oxygens (including phenoxy) is 1. The third kappa shape index (κ3) is 9.50. The van der Waals surface area contributed by atoms with E-state index in [1.54, 1.807) is 19.2 Å². The number of hydrogen-bond acceptors (Lipinski definition) is 3. The van der Waals surface area contributed by atoms with Crippen molar-refractivity contribution in [2.45, 2.75) is 46.4 Å². The van der Waals surface area contributed by atoms with Crippen LogP contribution >= 0.6 is 24.0 Å². The minimum Gasteiger partial charge on any atom is -0.434 e. The van der Waals surface area contributed by atoms with Gasteiger partial charge in [-0.3, -0.25) is 9.79 Å². The first-order valence-corrected chi connectivity index (χ1v) is 9.79. The van der Waals surface area contributed by atoms with Gasteiger partial charge in [-0.2, -0.15) is 8.78 Å². The van der Waals surface area contributed by atoms with Crippen LogP contribution in [0.15, 0.2) is 47.5 Å². The van der Waals surface area contributed by atoms with Crippen molar-refractivity contribution in [1.82, 2.24) is 10.6 Å². The molecule has 6 nitrogen and oxygen atoms in total. The number of halogens is 3. The molecular weight excluding hydrogens is 517 g/mol. The van der Waals surface area contributed by atoms with Gasteiger partial charge in [0.05, 0.1) is 0 Å². The van der Waals surface area contributed by atoms with Crippen LogP contribution in [0.1, 0.15) is 36.5 Å². The summed E-state index contributed by atoms with van der Waals surface area (Å²) in [5.41, 5.74) is 3.26. The number of nitrogens with one attached hydrogen (secondary N) is 3. The van der Waals surface area contributed by atoms with Crippen molar-refractivity contribution in [3.05, 3.63) is 59.2 Å². The Morgan fingerprint density at radius 1 is 1.13 bits per heavy atom. The second-order valence-corrected chi connectivity index (χ2v) is 6.77. The molecule has 2 aromatic carbocycles. The van der Waals surface area contributed by atoms with E-state index in [0.717, 1.165) is 23.2 Å². The number of benzene rings is 2. The Labute approximate surface area is 198 Å². The third-order valence-electron chi connectivity index (χ3n) is 4.25. The zero-order valence-corrected chi connectivity index (χ0v) is 20.2. The number of anilines is 1. The van der Waals surface area contributed by atoms with E-state index in [1.807, 2.05) is 38.1 Å². The average Bonchev–Trinajstić information content (AvgIpc) is 2.70. The molecule has 0 unspecified atom stereocenters. The zero-order valence-electron chi connectivity index (χ0n) is 17.9. The maximum atomic E-state index is 12.6. The van der Waals surface area contributed by atoms with Gasteiger partial charge in [0.25, 0.3) is 0 Å². The van der Waals surface area contributed by atoms with Gasteiger partial charge in [-0.25, -0.2) is 0 Å². The van der Waals surface area contributed by atoms with Crippen LogP contribution < -0.4 is 20.7 Å². The lowest BCUT2D eigenvalue weighted by Crippen LogP contribution is -2.36. The lowest BCUT2D eigenvalue weighted by molar-refractivity contribution is -0.116. The molecule has 3 N–H and O–H groups in total. The van der Waals surface area contributed by atoms with E-state index in [2.05, 4.69) is 25.7 Å². The van der Waals surface area contributed by atoms with Gasteiger partial charge in [0.2, 0.25) is 5.91 Å². The Kier molecular flexibility index (Phi) is 11.8. The molecule has 0 bridgehead atoms. The van der Waals surface area contributed by atoms with Gasteiger partial charge in [0, 0.05) is 37.8 Å². The number of nitrogens with zero attached hydrogens (tertiary/aromatic N) is 1. The predicted octanol–water partition coefficient (Wildman–Crippen LogP) is 4.82. The molecule has 0 heterocycles. The summed E-state index contributed by atoms with van der Waals surface area (Å²) in [7, 11) is 1.63. The van der Waals surface area contributed by atoms with Gasteiger partial charge in [0.1, 0.15) is 5.75 Å². The molecule has 0 fully saturated rings. The van der Waals surface area contributed by atoms with Gasteiger partial charge in [-0.1, -0.05) is 36.8 Å². The van der Waals surface area contributed by atoms with Crippen molar-refractivity contribution in [2.75, 3.05) is 12.4 Å². The van der Waals surface area contributed by atoms with Crippen molar-refractivity contribution in [1.29, 1.82) is 0 Å². The number of hydrogen-bond donors (Lipinski definition) is 3. The quantitative estimate of drug-likeness (QED) is 0.240. The van der Waals surface area contributed by atoms with Crippen molar-refractivity contribution < 1.29 is 18.3 Å². The molecule has 0 radical (unpaired) electrons. The van der Waals surface area contributed by atoms with Gasteiger partial charge in [0.15, 0.2) is 5.96 Å². The fraction of sp³-hybridized carbons (Fsp3) is 0.364. The predicted molar refractivity (Wildman–Crippen MR) is 130 cm³/mol. The Morgan fingerprint density at radius 2 is 1.87 bits per heavy atom. The van der Waals surface area contributed by atoms with Crippen LogP contribution in [0.3, 0.4) is 0 Å². The molecule has 1 amide bonds. The lowest BCUT2D eigenvalue weighted by atomic mass is 10.1. The highest BCUT2D eigenvalue weighted by atomic mass is 127. The van der Waals surface area contributed by atoms with Crippen LogP contribution in [0.2, 0.25) is 0 Å². The van der Waals surface area contributed by atoms with Crippen LogP contribution in [-0.4, -0.2) is 25.5 Å². The Morgan fingerprint density at radius 3 is 2.55 bits per heavy atom. The Balaban J connectivity index is 0.00000480. The molecule has 0 aliphatic heterocycles. The van der Waals surface area contributed by atoms with Crippen molar-refractivity contribution >= 4 is 41.5 Å². The molecule has 0 spiro atoms. The summed E-state index contributed by atoms with van der Waals surface area (Å²) >= 11 is 0. The fourth-order valence-corrected chi connectivity index (χ4v) is 2.85. The van der Waals surface area contributed by atoms with E-state index < -0.39 is 6.61 Å². The second-order valence-electron chi connectivity index (χ2n) is 6.77. The minimum atomic E-state index is -2.88. The maximum Gasteiger partial charge on any atom is 0.387 e. The van der Waals surface area contributed by atoms with Crippen LogP contribution in [0.25, 0.3) is 0 Å². The van der Waals surface area contributed by atoms with E-state index in [1.165, 1.54) is 6.07 Å². The molecular formula is C22H29F2IN4O2. The summed E-state index contributed by atoms with van der Waals surface area (Å²) in [6.07, 6.45) is 1.27. The standard InChI is InChI=1S/C22H28F2N4O2.HI/c1-4-6-20(29)28-18-8-5-7-16(12-18)13-26-22(25-3)27-14-17-11-15(2)9-10-19(17)30-21(23)24;/h5,7-12,21H,4,6,13-14H2,1-3H3,(H,28,29)(H2,25,26,27);1H. The molecule has 9 heteroatoms. The van der Waals surface area contributed by atoms with Gasteiger partial charge >= 0.3 is 6.61 Å². The molecule has 0 saturated carbocycles. The summed E-state index contributed by atoms with van der Waals surface area (Å²) in [4.78, 5) is 15.9. The molecule has 2 rings (SSSR count). The number of guanidine groups is 1. The Hall–Kier alpha value is -2.43. The van der Waals surface area contributed by atoms with Crippen molar-refractivity contribution in [2.24, 2.45) is 4.99 Å². The second kappa shape index (κ2) is 13.8. The highest BCUT2D eigenvalue weighted by molar-refractivity contribution is 14.0. The van der Waals surface area contributed by atoms with E-state index in [0.29, 0.717) is 24.5 Å². The maximum absolute atomic E-state index is 12.6. The number of amides is 1. The summed E-state index contributed by atoms with van der Waals surface area (Å²) in [6.45, 7) is 1.71. The molecule has 170 valence electrons. The average molecular weight is 546 g/mol. The Bertz CT molecular complexity index is 878. The molecule has 2 aromatic rings. The molecule has 31 heavy (non-hydrogen) atoms. The molecule has 0 aliphatic carbocycles. The molecule has 0 atom stereocenters. The van der Waals surface area contributed by atoms with E-state index >= 15 is 0 Å². The third-order valence-corrected chi connectivity index (χ3v) is 4.25. The van der Waals surface area contributed by atoms with Gasteiger partial charge < -0.3 is 20.7 Å². The van der Waals surface area contributed by atoms with Crippen LogP contribution in [0.5, 0.6) is 5.75 Å². The fourth-order valence-electron chi connectivity index (χ4n) is 2.85. The largest absolute Gasteiger partial charge is 0.434 e. The smallest absolute Gasteiger partial charge is 0.387 e. The topological polar surface area (TPSA) is 74.8 Å². The number of rotatable bonds is 9. The number of carbonyl (C=O) groups excluding carboxylic acids is 1. The van der Waals surface area contributed by atoms with Crippen molar-refractivity contribution in [3.8, 4) is 5.75 Å². The van der Waals surface area contributed by atoms with Crippen LogP contribution in [-0.2, 0) is 17.9 Å². The monoisotopic (exact) mass is 546 g/mol. The zero-order chi connectivity index (χ0) is 21.9. The van der Waals surface area contributed by atoms with Gasteiger partial charge in [-0.05, 0) is 37.1 Å². The van der Waals surface area contributed by atoms with Crippen LogP contribution in [0.4, 0.5) is 14.5 Å². The van der Waals surface area contributed by atoms with Crippen molar-refractivity contribution in [3.63, 3.8) is 0 Å².